The number of aromatic nitrogens is 2. The van der Waals surface area contributed by atoms with Gasteiger partial charge in [-0.2, -0.15) is 4.31 Å². The molecule has 1 amide bonds. The van der Waals surface area contributed by atoms with Crippen molar-refractivity contribution >= 4 is 32.5 Å². The first-order valence-corrected chi connectivity index (χ1v) is 12.1. The van der Waals surface area contributed by atoms with Gasteiger partial charge in [0.15, 0.2) is 0 Å². The summed E-state index contributed by atoms with van der Waals surface area (Å²) >= 11 is 0. The average Bonchev–Trinajstić information content (AvgIpc) is 2.77. The number of carbonyl (C=O) groups excluding carboxylic acids is 1. The van der Waals surface area contributed by atoms with E-state index in [0.717, 1.165) is 24.8 Å². The van der Waals surface area contributed by atoms with Gasteiger partial charge in [0.2, 0.25) is 15.9 Å². The molecular formula is C23H26N4O4S. The van der Waals surface area contributed by atoms with E-state index in [2.05, 4.69) is 10.3 Å². The molecule has 2 aromatic carbocycles. The van der Waals surface area contributed by atoms with E-state index in [1.54, 1.807) is 18.2 Å². The smallest absolute Gasteiger partial charge is 0.325 e. The zero-order chi connectivity index (χ0) is 22.9. The predicted octanol–water partition coefficient (Wildman–Crippen LogP) is 2.91. The maximum atomic E-state index is 13.2. The summed E-state index contributed by atoms with van der Waals surface area (Å²) in [6.45, 7) is 4.14. The second kappa shape index (κ2) is 8.84. The van der Waals surface area contributed by atoms with Gasteiger partial charge in [0, 0.05) is 29.9 Å². The van der Waals surface area contributed by atoms with Crippen LogP contribution in [0.3, 0.4) is 0 Å². The van der Waals surface area contributed by atoms with Crippen molar-refractivity contribution in [3.8, 4) is 0 Å². The Morgan fingerprint density at radius 1 is 1.16 bits per heavy atom. The first kappa shape index (κ1) is 22.2. The monoisotopic (exact) mass is 454 g/mol. The van der Waals surface area contributed by atoms with Gasteiger partial charge in [-0.05, 0) is 57.0 Å². The Labute approximate surface area is 186 Å². The molecule has 8 nitrogen and oxygen atoms in total. The Hall–Kier alpha value is -3.04. The van der Waals surface area contributed by atoms with Crippen molar-refractivity contribution in [3.05, 3.63) is 64.7 Å². The summed E-state index contributed by atoms with van der Waals surface area (Å²) in [5, 5.41) is 3.25. The number of amides is 1. The van der Waals surface area contributed by atoms with Gasteiger partial charge >= 0.3 is 5.69 Å². The molecule has 1 saturated heterocycles. The summed E-state index contributed by atoms with van der Waals surface area (Å²) in [5.41, 5.74) is 1.58. The Bertz CT molecular complexity index is 1320. The Morgan fingerprint density at radius 2 is 1.91 bits per heavy atom. The van der Waals surface area contributed by atoms with Crippen LogP contribution < -0.4 is 11.0 Å². The molecule has 1 N–H and O–H groups in total. The molecule has 9 heteroatoms. The lowest BCUT2D eigenvalue weighted by atomic mass is 10.1. The molecule has 2 heterocycles. The van der Waals surface area contributed by atoms with E-state index in [1.165, 1.54) is 27.2 Å². The molecule has 1 unspecified atom stereocenters. The molecule has 1 fully saturated rings. The molecule has 1 aromatic heterocycles. The van der Waals surface area contributed by atoms with E-state index < -0.39 is 15.7 Å². The van der Waals surface area contributed by atoms with Gasteiger partial charge in [0.25, 0.3) is 0 Å². The molecule has 1 atom stereocenters. The van der Waals surface area contributed by atoms with E-state index in [0.29, 0.717) is 23.1 Å². The van der Waals surface area contributed by atoms with Crippen LogP contribution in [-0.2, 0) is 21.4 Å². The highest BCUT2D eigenvalue weighted by Crippen LogP contribution is 2.27. The minimum Gasteiger partial charge on any atom is -0.325 e. The van der Waals surface area contributed by atoms with Crippen molar-refractivity contribution in [2.24, 2.45) is 0 Å². The minimum absolute atomic E-state index is 0.0537. The fourth-order valence-corrected chi connectivity index (χ4v) is 5.77. The van der Waals surface area contributed by atoms with Crippen LogP contribution in [0.2, 0.25) is 0 Å². The summed E-state index contributed by atoms with van der Waals surface area (Å²) < 4.78 is 29.1. The van der Waals surface area contributed by atoms with E-state index in [1.807, 2.05) is 26.0 Å². The standard InChI is InChI=1S/C23H26N4O4S/c1-16-6-8-19(9-7-16)25-22(28)15-26-21-11-10-20(13-18(21)14-24-23(26)29)32(30,31)27-12-4-3-5-17(27)2/h6-11,13-14,17H,3-5,12,15H2,1-2H3,(H,25,28). The Kier molecular flexibility index (Phi) is 6.12. The number of rotatable bonds is 5. The number of fused-ring (bicyclic) bond motifs is 1. The maximum Gasteiger partial charge on any atom is 0.348 e. The van der Waals surface area contributed by atoms with Gasteiger partial charge in [-0.25, -0.2) is 18.2 Å². The SMILES string of the molecule is Cc1ccc(NC(=O)Cn2c(=O)ncc3cc(S(=O)(=O)N4CCCCC4C)ccc32)cc1. The predicted molar refractivity (Wildman–Crippen MR) is 123 cm³/mol. The van der Waals surface area contributed by atoms with Crippen LogP contribution in [0.4, 0.5) is 5.69 Å². The van der Waals surface area contributed by atoms with Gasteiger partial charge < -0.3 is 5.32 Å². The summed E-state index contributed by atoms with van der Waals surface area (Å²) in [7, 11) is -3.65. The van der Waals surface area contributed by atoms with Gasteiger partial charge in [0.05, 0.1) is 10.4 Å². The van der Waals surface area contributed by atoms with E-state index >= 15 is 0 Å². The zero-order valence-corrected chi connectivity index (χ0v) is 18.9. The maximum absolute atomic E-state index is 13.2. The molecular weight excluding hydrogens is 428 g/mol. The normalized spacial score (nSPS) is 17.4. The highest BCUT2D eigenvalue weighted by Gasteiger charge is 2.31. The number of nitrogens with one attached hydrogen (secondary N) is 1. The van der Waals surface area contributed by atoms with Crippen molar-refractivity contribution < 1.29 is 13.2 Å². The largest absolute Gasteiger partial charge is 0.348 e. The fourth-order valence-electron chi connectivity index (χ4n) is 4.04. The highest BCUT2D eigenvalue weighted by molar-refractivity contribution is 7.89. The summed E-state index contributed by atoms with van der Waals surface area (Å²) in [4.78, 5) is 28.9. The van der Waals surface area contributed by atoms with Gasteiger partial charge in [-0.15, -0.1) is 0 Å². The molecule has 1 aliphatic rings. The number of piperidine rings is 1. The van der Waals surface area contributed by atoms with Crippen molar-refractivity contribution in [1.29, 1.82) is 0 Å². The lowest BCUT2D eigenvalue weighted by Crippen LogP contribution is -2.41. The van der Waals surface area contributed by atoms with Crippen LogP contribution in [0.1, 0.15) is 31.7 Å². The van der Waals surface area contributed by atoms with Crippen LogP contribution in [-0.4, -0.2) is 40.8 Å². The average molecular weight is 455 g/mol. The first-order chi connectivity index (χ1) is 15.3. The number of benzene rings is 2. The first-order valence-electron chi connectivity index (χ1n) is 10.6. The van der Waals surface area contributed by atoms with Crippen LogP contribution in [0.15, 0.2) is 58.4 Å². The molecule has 0 bridgehead atoms. The fraction of sp³-hybridized carbons (Fsp3) is 0.348. The highest BCUT2D eigenvalue weighted by atomic mass is 32.2. The summed E-state index contributed by atoms with van der Waals surface area (Å²) in [6, 6.07) is 11.9. The van der Waals surface area contributed by atoms with Gasteiger partial charge in [-0.3, -0.25) is 9.36 Å². The zero-order valence-electron chi connectivity index (χ0n) is 18.1. The molecule has 1 aliphatic heterocycles. The molecule has 0 saturated carbocycles. The number of aryl methyl sites for hydroxylation is 1. The molecule has 3 aromatic rings. The number of anilines is 1. The van der Waals surface area contributed by atoms with Gasteiger partial charge in [-0.1, -0.05) is 24.1 Å². The van der Waals surface area contributed by atoms with Crippen LogP contribution >= 0.6 is 0 Å². The van der Waals surface area contributed by atoms with Crippen LogP contribution in [0.5, 0.6) is 0 Å². The topological polar surface area (TPSA) is 101 Å². The van der Waals surface area contributed by atoms with Gasteiger partial charge in [0.1, 0.15) is 6.54 Å². The third-order valence-corrected chi connectivity index (χ3v) is 7.83. The molecule has 0 aliphatic carbocycles. The summed E-state index contributed by atoms with van der Waals surface area (Å²) in [5.74, 6) is -0.371. The molecule has 0 spiro atoms. The molecule has 4 rings (SSSR count). The molecule has 168 valence electrons. The second-order valence-corrected chi connectivity index (χ2v) is 10.1. The lowest BCUT2D eigenvalue weighted by molar-refractivity contribution is -0.116. The Morgan fingerprint density at radius 3 is 2.62 bits per heavy atom. The molecule has 0 radical (unpaired) electrons. The number of hydrogen-bond acceptors (Lipinski definition) is 5. The number of nitrogens with zero attached hydrogens (tertiary/aromatic N) is 3. The molecule has 32 heavy (non-hydrogen) atoms. The van der Waals surface area contributed by atoms with Crippen LogP contribution in [0.25, 0.3) is 10.9 Å². The lowest BCUT2D eigenvalue weighted by Gasteiger charge is -2.32. The second-order valence-electron chi connectivity index (χ2n) is 8.22. The third kappa shape index (κ3) is 4.44. The Balaban J connectivity index is 1.63. The minimum atomic E-state index is -3.65. The number of carbonyl (C=O) groups is 1. The van der Waals surface area contributed by atoms with Crippen molar-refractivity contribution in [3.63, 3.8) is 0 Å². The van der Waals surface area contributed by atoms with E-state index in [9.17, 15) is 18.0 Å². The third-order valence-electron chi connectivity index (χ3n) is 5.82. The van der Waals surface area contributed by atoms with Crippen molar-refractivity contribution in [2.75, 3.05) is 11.9 Å². The van der Waals surface area contributed by atoms with Crippen molar-refractivity contribution in [1.82, 2.24) is 13.9 Å². The van der Waals surface area contributed by atoms with E-state index in [4.69, 9.17) is 0 Å². The quantitative estimate of drug-likeness (QED) is 0.639. The number of hydrogen-bond donors (Lipinski definition) is 1. The van der Waals surface area contributed by atoms with E-state index in [-0.39, 0.29) is 23.4 Å². The van der Waals surface area contributed by atoms with Crippen LogP contribution in [0, 0.1) is 6.92 Å². The summed E-state index contributed by atoms with van der Waals surface area (Å²) in [6.07, 6.45) is 4.05. The van der Waals surface area contributed by atoms with Crippen molar-refractivity contribution in [2.45, 2.75) is 50.6 Å². The number of sulfonamides is 1.